The summed E-state index contributed by atoms with van der Waals surface area (Å²) < 4.78 is 1.86. The van der Waals surface area contributed by atoms with Crippen molar-refractivity contribution in [3.8, 4) is 0 Å². The Hall–Kier alpha value is -2.32. The summed E-state index contributed by atoms with van der Waals surface area (Å²) in [4.78, 5) is 24.8. The maximum atomic E-state index is 12.6. The standard InChI is InChI=1S/C21H26ClN5O2S/c1-3-12-27-19(14(2)23-20(29)16-10-6-7-11-17(16)22)25-26-21(27)30-13-18(28)24-15-8-4-5-9-15/h3,6-7,10-11,14-15H,1,4-5,8-9,12-13H2,2H3,(H,23,29)(H,24,28)/t14-/m1/s1. The third-order valence-corrected chi connectivity index (χ3v) is 6.26. The molecule has 160 valence electrons. The third kappa shape index (κ3) is 5.64. The van der Waals surface area contributed by atoms with Crippen LogP contribution in [-0.2, 0) is 11.3 Å². The highest BCUT2D eigenvalue weighted by molar-refractivity contribution is 7.99. The van der Waals surface area contributed by atoms with Crippen LogP contribution in [0.5, 0.6) is 0 Å². The molecule has 0 spiro atoms. The molecule has 2 aromatic rings. The molecule has 2 N–H and O–H groups in total. The molecule has 1 aromatic carbocycles. The number of carbonyl (C=O) groups excluding carboxylic acids is 2. The third-order valence-electron chi connectivity index (χ3n) is 4.96. The fourth-order valence-corrected chi connectivity index (χ4v) is 4.47. The van der Waals surface area contributed by atoms with Gasteiger partial charge in [-0.1, -0.05) is 54.4 Å². The number of benzene rings is 1. The van der Waals surface area contributed by atoms with Crippen molar-refractivity contribution in [3.63, 3.8) is 0 Å². The normalized spacial score (nSPS) is 15.0. The van der Waals surface area contributed by atoms with Gasteiger partial charge in [-0.25, -0.2) is 0 Å². The summed E-state index contributed by atoms with van der Waals surface area (Å²) in [6.45, 7) is 6.10. The monoisotopic (exact) mass is 447 g/mol. The number of amides is 2. The van der Waals surface area contributed by atoms with Crippen LogP contribution in [0, 0.1) is 0 Å². The van der Waals surface area contributed by atoms with E-state index < -0.39 is 6.04 Å². The predicted octanol–water partition coefficient (Wildman–Crippen LogP) is 3.76. The lowest BCUT2D eigenvalue weighted by atomic mass is 10.2. The topological polar surface area (TPSA) is 88.9 Å². The molecular weight excluding hydrogens is 422 g/mol. The first-order chi connectivity index (χ1) is 14.5. The van der Waals surface area contributed by atoms with Gasteiger partial charge in [-0.2, -0.15) is 0 Å². The lowest BCUT2D eigenvalue weighted by Crippen LogP contribution is -2.33. The van der Waals surface area contributed by atoms with Crippen LogP contribution in [0.1, 0.15) is 54.8 Å². The highest BCUT2D eigenvalue weighted by Crippen LogP contribution is 2.23. The van der Waals surface area contributed by atoms with Crippen LogP contribution in [0.3, 0.4) is 0 Å². The fourth-order valence-electron chi connectivity index (χ4n) is 3.48. The van der Waals surface area contributed by atoms with Gasteiger partial charge in [0.25, 0.3) is 5.91 Å². The van der Waals surface area contributed by atoms with Crippen molar-refractivity contribution in [2.24, 2.45) is 0 Å². The van der Waals surface area contributed by atoms with Gasteiger partial charge < -0.3 is 15.2 Å². The lowest BCUT2D eigenvalue weighted by molar-refractivity contribution is -0.119. The molecule has 2 amide bonds. The molecule has 7 nitrogen and oxygen atoms in total. The number of rotatable bonds is 9. The number of carbonyl (C=O) groups is 2. The van der Waals surface area contributed by atoms with Crippen molar-refractivity contribution in [1.29, 1.82) is 0 Å². The summed E-state index contributed by atoms with van der Waals surface area (Å²) in [5.41, 5.74) is 0.402. The van der Waals surface area contributed by atoms with E-state index in [1.807, 2.05) is 11.5 Å². The van der Waals surface area contributed by atoms with Gasteiger partial charge in [0, 0.05) is 12.6 Å². The number of allylic oxidation sites excluding steroid dienone is 1. The van der Waals surface area contributed by atoms with Crippen molar-refractivity contribution in [3.05, 3.63) is 53.3 Å². The van der Waals surface area contributed by atoms with Crippen molar-refractivity contribution in [2.45, 2.75) is 56.4 Å². The zero-order valence-electron chi connectivity index (χ0n) is 16.9. The first-order valence-electron chi connectivity index (χ1n) is 10.0. The molecule has 0 unspecified atom stereocenters. The summed E-state index contributed by atoms with van der Waals surface area (Å²) in [6.07, 6.45) is 6.18. The molecule has 1 aliphatic carbocycles. The molecule has 1 atom stereocenters. The van der Waals surface area contributed by atoms with Crippen molar-refractivity contribution in [2.75, 3.05) is 5.75 Å². The molecule has 9 heteroatoms. The molecule has 1 aromatic heterocycles. The van der Waals surface area contributed by atoms with E-state index >= 15 is 0 Å². The van der Waals surface area contributed by atoms with Crippen LogP contribution in [0.15, 0.2) is 42.1 Å². The smallest absolute Gasteiger partial charge is 0.253 e. The molecule has 1 aliphatic rings. The maximum absolute atomic E-state index is 12.6. The summed E-state index contributed by atoms with van der Waals surface area (Å²) >= 11 is 7.45. The van der Waals surface area contributed by atoms with Gasteiger partial charge in [-0.15, -0.1) is 16.8 Å². The number of aromatic nitrogens is 3. The number of thioether (sulfide) groups is 1. The number of halogens is 1. The zero-order chi connectivity index (χ0) is 21.5. The Bertz CT molecular complexity index is 911. The van der Waals surface area contributed by atoms with Crippen LogP contribution < -0.4 is 10.6 Å². The number of hydrogen-bond donors (Lipinski definition) is 2. The summed E-state index contributed by atoms with van der Waals surface area (Å²) in [5, 5.41) is 15.5. The number of nitrogens with zero attached hydrogens (tertiary/aromatic N) is 3. The highest BCUT2D eigenvalue weighted by atomic mass is 35.5. The molecular formula is C21H26ClN5O2S. The van der Waals surface area contributed by atoms with E-state index in [4.69, 9.17) is 11.6 Å². The van der Waals surface area contributed by atoms with Gasteiger partial charge in [-0.05, 0) is 31.9 Å². The largest absolute Gasteiger partial charge is 0.353 e. The fraction of sp³-hybridized carbons (Fsp3) is 0.429. The predicted molar refractivity (Wildman–Crippen MR) is 119 cm³/mol. The first-order valence-corrected chi connectivity index (χ1v) is 11.4. The van der Waals surface area contributed by atoms with Gasteiger partial charge in [-0.3, -0.25) is 9.59 Å². The van der Waals surface area contributed by atoms with E-state index in [1.165, 1.54) is 24.6 Å². The quantitative estimate of drug-likeness (QED) is 0.451. The Labute approximate surface area is 185 Å². The summed E-state index contributed by atoms with van der Waals surface area (Å²) in [5.74, 6) is 0.577. The molecule has 0 saturated heterocycles. The van der Waals surface area contributed by atoms with Gasteiger partial charge in [0.15, 0.2) is 11.0 Å². The molecule has 3 rings (SSSR count). The van der Waals surface area contributed by atoms with Crippen molar-refractivity contribution < 1.29 is 9.59 Å². The van der Waals surface area contributed by atoms with E-state index in [1.54, 1.807) is 30.3 Å². The molecule has 1 heterocycles. The minimum absolute atomic E-state index is 0.00155. The molecule has 0 radical (unpaired) electrons. The van der Waals surface area contributed by atoms with Crippen molar-refractivity contribution in [1.82, 2.24) is 25.4 Å². The van der Waals surface area contributed by atoms with E-state index in [0.717, 1.165) is 12.8 Å². The minimum Gasteiger partial charge on any atom is -0.353 e. The Morgan fingerprint density at radius 3 is 2.77 bits per heavy atom. The Morgan fingerprint density at radius 2 is 2.07 bits per heavy atom. The van der Waals surface area contributed by atoms with E-state index in [2.05, 4.69) is 27.4 Å². The molecule has 0 aliphatic heterocycles. The Morgan fingerprint density at radius 1 is 1.33 bits per heavy atom. The summed E-state index contributed by atoms with van der Waals surface area (Å²) in [7, 11) is 0. The van der Waals surface area contributed by atoms with Crippen LogP contribution in [0.4, 0.5) is 0 Å². The van der Waals surface area contributed by atoms with E-state index in [9.17, 15) is 9.59 Å². The minimum atomic E-state index is -0.400. The molecule has 30 heavy (non-hydrogen) atoms. The van der Waals surface area contributed by atoms with Gasteiger partial charge >= 0.3 is 0 Å². The number of hydrogen-bond acceptors (Lipinski definition) is 5. The second kappa shape index (κ2) is 10.6. The van der Waals surface area contributed by atoms with Crippen LogP contribution in [0.2, 0.25) is 5.02 Å². The van der Waals surface area contributed by atoms with E-state index in [-0.39, 0.29) is 17.6 Å². The van der Waals surface area contributed by atoms with Crippen LogP contribution in [-0.4, -0.2) is 38.4 Å². The van der Waals surface area contributed by atoms with Crippen LogP contribution >= 0.6 is 23.4 Å². The number of nitrogens with one attached hydrogen (secondary N) is 2. The Kier molecular flexibility index (Phi) is 7.93. The van der Waals surface area contributed by atoms with Crippen molar-refractivity contribution >= 4 is 35.2 Å². The first kappa shape index (κ1) is 22.4. The zero-order valence-corrected chi connectivity index (χ0v) is 18.5. The molecule has 0 bridgehead atoms. The average molecular weight is 448 g/mol. The summed E-state index contributed by atoms with van der Waals surface area (Å²) in [6, 6.07) is 6.77. The second-order valence-electron chi connectivity index (χ2n) is 7.25. The average Bonchev–Trinajstić information content (AvgIpc) is 3.37. The SMILES string of the molecule is C=CCn1c(SCC(=O)NC2CCCC2)nnc1[C@@H](C)NC(=O)c1ccccc1Cl. The highest BCUT2D eigenvalue weighted by Gasteiger charge is 2.22. The van der Waals surface area contributed by atoms with Gasteiger partial charge in [0.05, 0.1) is 22.4 Å². The molecule has 1 saturated carbocycles. The maximum Gasteiger partial charge on any atom is 0.253 e. The lowest BCUT2D eigenvalue weighted by Gasteiger charge is -2.16. The van der Waals surface area contributed by atoms with Gasteiger partial charge in [0.1, 0.15) is 0 Å². The Balaban J connectivity index is 1.65. The van der Waals surface area contributed by atoms with E-state index in [0.29, 0.717) is 34.2 Å². The second-order valence-corrected chi connectivity index (χ2v) is 8.60. The van der Waals surface area contributed by atoms with Crippen LogP contribution in [0.25, 0.3) is 0 Å². The van der Waals surface area contributed by atoms with Gasteiger partial charge in [0.2, 0.25) is 5.91 Å². The molecule has 1 fully saturated rings.